The fourth-order valence-electron chi connectivity index (χ4n) is 1.92. The summed E-state index contributed by atoms with van der Waals surface area (Å²) < 4.78 is 0. The van der Waals surface area contributed by atoms with Gasteiger partial charge in [0.15, 0.2) is 4.84 Å². The van der Waals surface area contributed by atoms with Gasteiger partial charge in [-0.25, -0.2) is 0 Å². The van der Waals surface area contributed by atoms with Crippen molar-refractivity contribution in [2.24, 2.45) is 0 Å². The molecule has 2 amide bonds. The van der Waals surface area contributed by atoms with Crippen molar-refractivity contribution in [3.63, 3.8) is 0 Å². The van der Waals surface area contributed by atoms with Gasteiger partial charge in [-0.15, -0.1) is 0 Å². The van der Waals surface area contributed by atoms with Crippen LogP contribution in [0.2, 0.25) is 0 Å². The SMILES string of the molecule is O=C(NC(O)(C(=O)Nc1ccccc1)c1ccccc1)C(Cl)Cl. The van der Waals surface area contributed by atoms with Crippen LogP contribution in [0.4, 0.5) is 5.69 Å². The van der Waals surface area contributed by atoms with Gasteiger partial charge in [-0.2, -0.15) is 0 Å². The third-order valence-electron chi connectivity index (χ3n) is 3.05. The molecule has 3 N–H and O–H groups in total. The Balaban J connectivity index is 2.33. The molecular weight excluding hydrogens is 339 g/mol. The zero-order valence-electron chi connectivity index (χ0n) is 11.9. The quantitative estimate of drug-likeness (QED) is 0.571. The van der Waals surface area contributed by atoms with Crippen LogP contribution in [0, 0.1) is 0 Å². The lowest BCUT2D eigenvalue weighted by Crippen LogP contribution is -2.55. The van der Waals surface area contributed by atoms with Crippen LogP contribution >= 0.6 is 23.2 Å². The number of carbonyl (C=O) groups excluding carboxylic acids is 2. The number of benzene rings is 2. The first-order valence-corrected chi connectivity index (χ1v) is 7.55. The van der Waals surface area contributed by atoms with Gasteiger partial charge in [-0.1, -0.05) is 71.7 Å². The first-order chi connectivity index (χ1) is 10.9. The number of rotatable bonds is 5. The second-order valence-electron chi connectivity index (χ2n) is 4.69. The summed E-state index contributed by atoms with van der Waals surface area (Å²) in [6.45, 7) is 0. The summed E-state index contributed by atoms with van der Waals surface area (Å²) in [4.78, 5) is 22.9. The van der Waals surface area contributed by atoms with Gasteiger partial charge in [-0.05, 0) is 12.1 Å². The molecule has 0 spiro atoms. The highest BCUT2D eigenvalue weighted by molar-refractivity contribution is 6.53. The van der Waals surface area contributed by atoms with E-state index in [4.69, 9.17) is 23.2 Å². The van der Waals surface area contributed by atoms with Crippen molar-refractivity contribution in [3.8, 4) is 0 Å². The zero-order valence-corrected chi connectivity index (χ0v) is 13.4. The van der Waals surface area contributed by atoms with Gasteiger partial charge in [0.2, 0.25) is 5.72 Å². The number of halogens is 2. The minimum atomic E-state index is -2.31. The van der Waals surface area contributed by atoms with Gasteiger partial charge < -0.3 is 15.7 Å². The first kappa shape index (κ1) is 17.3. The van der Waals surface area contributed by atoms with Gasteiger partial charge in [0.25, 0.3) is 11.8 Å². The lowest BCUT2D eigenvalue weighted by molar-refractivity contribution is -0.145. The Morgan fingerprint density at radius 3 is 2.00 bits per heavy atom. The average Bonchev–Trinajstić information content (AvgIpc) is 2.56. The monoisotopic (exact) mass is 352 g/mol. The Morgan fingerprint density at radius 1 is 0.957 bits per heavy atom. The Bertz CT molecular complexity index is 680. The standard InChI is InChI=1S/C16H14Cl2N2O3/c17-13(18)14(21)20-16(23,11-7-3-1-4-8-11)15(22)19-12-9-5-2-6-10-12/h1-10,13,23H,(H,19,22)(H,20,21). The molecule has 0 heterocycles. The lowest BCUT2D eigenvalue weighted by atomic mass is 10.0. The third-order valence-corrected chi connectivity index (χ3v) is 3.45. The van der Waals surface area contributed by atoms with Gasteiger partial charge in [0.1, 0.15) is 0 Å². The number of alkyl halides is 2. The summed E-state index contributed by atoms with van der Waals surface area (Å²) in [6.07, 6.45) is 0. The molecule has 1 unspecified atom stereocenters. The number of carbonyl (C=O) groups is 2. The minimum absolute atomic E-state index is 0.177. The Kier molecular flexibility index (Phi) is 5.60. The maximum absolute atomic E-state index is 12.5. The predicted molar refractivity (Wildman–Crippen MR) is 89.0 cm³/mol. The fourth-order valence-corrected chi connectivity index (χ4v) is 2.02. The van der Waals surface area contributed by atoms with Crippen molar-refractivity contribution < 1.29 is 14.7 Å². The van der Waals surface area contributed by atoms with E-state index in [1.165, 1.54) is 12.1 Å². The topological polar surface area (TPSA) is 78.4 Å². The van der Waals surface area contributed by atoms with E-state index in [-0.39, 0.29) is 5.56 Å². The third kappa shape index (κ3) is 4.22. The van der Waals surface area contributed by atoms with Crippen LogP contribution in [0.15, 0.2) is 60.7 Å². The molecule has 120 valence electrons. The number of para-hydroxylation sites is 1. The van der Waals surface area contributed by atoms with Crippen molar-refractivity contribution in [2.45, 2.75) is 10.6 Å². The molecule has 0 bridgehead atoms. The van der Waals surface area contributed by atoms with E-state index < -0.39 is 22.4 Å². The van der Waals surface area contributed by atoms with Crippen LogP contribution in [0.25, 0.3) is 0 Å². The van der Waals surface area contributed by atoms with E-state index in [1.807, 2.05) is 0 Å². The van der Waals surface area contributed by atoms with Crippen LogP contribution in [-0.2, 0) is 15.3 Å². The van der Waals surface area contributed by atoms with Crippen LogP contribution in [-0.4, -0.2) is 21.8 Å². The molecule has 23 heavy (non-hydrogen) atoms. The summed E-state index contributed by atoms with van der Waals surface area (Å²) in [5.41, 5.74) is -1.67. The predicted octanol–water partition coefficient (Wildman–Crippen LogP) is 2.39. The lowest BCUT2D eigenvalue weighted by Gasteiger charge is -2.28. The molecule has 0 aliphatic carbocycles. The van der Waals surface area contributed by atoms with E-state index >= 15 is 0 Å². The Morgan fingerprint density at radius 2 is 1.48 bits per heavy atom. The highest BCUT2D eigenvalue weighted by atomic mass is 35.5. The molecule has 2 aromatic rings. The van der Waals surface area contributed by atoms with Gasteiger partial charge in [0, 0.05) is 11.3 Å². The maximum atomic E-state index is 12.5. The highest BCUT2D eigenvalue weighted by Crippen LogP contribution is 2.21. The van der Waals surface area contributed by atoms with Crippen molar-refractivity contribution in [2.75, 3.05) is 5.32 Å². The second kappa shape index (κ2) is 7.46. The van der Waals surface area contributed by atoms with Crippen molar-refractivity contribution in [3.05, 3.63) is 66.2 Å². The first-order valence-electron chi connectivity index (χ1n) is 6.68. The van der Waals surface area contributed by atoms with Crippen molar-refractivity contribution >= 4 is 40.7 Å². The molecule has 2 aromatic carbocycles. The number of hydrogen-bond donors (Lipinski definition) is 3. The fraction of sp³-hybridized carbons (Fsp3) is 0.125. The summed E-state index contributed by atoms with van der Waals surface area (Å²) in [5.74, 6) is -1.72. The molecular formula is C16H14Cl2N2O3. The van der Waals surface area contributed by atoms with Gasteiger partial charge in [-0.3, -0.25) is 9.59 Å². The van der Waals surface area contributed by atoms with Crippen LogP contribution in [0.5, 0.6) is 0 Å². The molecule has 0 saturated heterocycles. The van der Waals surface area contributed by atoms with Crippen LogP contribution in [0.1, 0.15) is 5.56 Å². The average molecular weight is 353 g/mol. The summed E-state index contributed by atoms with van der Waals surface area (Å²) in [5, 5.41) is 15.5. The highest BCUT2D eigenvalue weighted by Gasteiger charge is 2.40. The second-order valence-corrected chi connectivity index (χ2v) is 5.78. The molecule has 5 nitrogen and oxygen atoms in total. The maximum Gasteiger partial charge on any atom is 0.282 e. The number of amides is 2. The summed E-state index contributed by atoms with van der Waals surface area (Å²) in [7, 11) is 0. The number of aliphatic hydroxyl groups is 1. The zero-order chi connectivity index (χ0) is 16.9. The summed E-state index contributed by atoms with van der Waals surface area (Å²) in [6, 6.07) is 16.5. The number of anilines is 1. The van der Waals surface area contributed by atoms with Crippen molar-refractivity contribution in [1.82, 2.24) is 5.32 Å². The number of nitrogens with one attached hydrogen (secondary N) is 2. The van der Waals surface area contributed by atoms with Crippen molar-refractivity contribution in [1.29, 1.82) is 0 Å². The molecule has 2 rings (SSSR count). The van der Waals surface area contributed by atoms with Crippen LogP contribution < -0.4 is 10.6 Å². The van der Waals surface area contributed by atoms with E-state index in [1.54, 1.807) is 48.5 Å². The van der Waals surface area contributed by atoms with Gasteiger partial charge >= 0.3 is 0 Å². The molecule has 1 atom stereocenters. The normalized spacial score (nSPS) is 13.2. The molecule has 7 heteroatoms. The van der Waals surface area contributed by atoms with E-state index in [0.717, 1.165) is 0 Å². The van der Waals surface area contributed by atoms with Crippen LogP contribution in [0.3, 0.4) is 0 Å². The molecule has 0 fully saturated rings. The largest absolute Gasteiger partial charge is 0.359 e. The molecule has 0 aliphatic rings. The summed E-state index contributed by atoms with van der Waals surface area (Å²) >= 11 is 11.0. The van der Waals surface area contributed by atoms with E-state index in [0.29, 0.717) is 5.69 Å². The van der Waals surface area contributed by atoms with Gasteiger partial charge in [0.05, 0.1) is 0 Å². The minimum Gasteiger partial charge on any atom is -0.359 e. The smallest absolute Gasteiger partial charge is 0.282 e. The molecule has 0 aromatic heterocycles. The van der Waals surface area contributed by atoms with E-state index in [9.17, 15) is 14.7 Å². The molecule has 0 saturated carbocycles. The number of hydrogen-bond acceptors (Lipinski definition) is 3. The molecule has 0 aliphatic heterocycles. The Labute approximate surface area is 143 Å². The van der Waals surface area contributed by atoms with E-state index in [2.05, 4.69) is 10.6 Å². The Hall–Kier alpha value is -2.08. The molecule has 0 radical (unpaired) electrons.